The zero-order valence-electron chi connectivity index (χ0n) is 54.9. The SMILES string of the molecule is CCCCCCCCCCCCCCCCCCSCC(SCCCCCCCCCCCCCCCCCC)(SCCCCCCCCCCCCCCCCCC)SCCCCCCCCCCCCCCCCCC. The Bertz CT molecular complexity index is 924. The predicted molar refractivity (Wildman–Crippen MR) is 376 cm³/mol. The number of thioether (sulfide) groups is 4. The molecule has 0 spiro atoms. The Labute approximate surface area is 514 Å². The lowest BCUT2D eigenvalue weighted by Gasteiger charge is -2.32. The van der Waals surface area contributed by atoms with Gasteiger partial charge in [-0.1, -0.05) is 413 Å². The normalized spacial score (nSPS) is 12.0. The fourth-order valence-corrected chi connectivity index (χ4v) is 18.9. The maximum absolute atomic E-state index is 2.43. The van der Waals surface area contributed by atoms with Crippen molar-refractivity contribution < 1.29 is 0 Å². The number of hydrogen-bond donors (Lipinski definition) is 0. The van der Waals surface area contributed by atoms with Crippen molar-refractivity contribution in [2.75, 3.05) is 28.8 Å². The summed E-state index contributed by atoms with van der Waals surface area (Å²) in [6.45, 7) is 9.32. The molecular weight excluding hydrogens is 1020 g/mol. The van der Waals surface area contributed by atoms with Crippen LogP contribution in [0.4, 0.5) is 0 Å². The maximum Gasteiger partial charge on any atom is 0.116 e. The van der Waals surface area contributed by atoms with Crippen molar-refractivity contribution in [3.8, 4) is 0 Å². The second-order valence-electron chi connectivity index (χ2n) is 25.5. The van der Waals surface area contributed by atoms with E-state index in [1.165, 1.54) is 440 Å². The summed E-state index contributed by atoms with van der Waals surface area (Å²) in [5.74, 6) is 6.91. The van der Waals surface area contributed by atoms with E-state index in [0.29, 0.717) is 3.41 Å². The molecule has 4 heteroatoms. The average Bonchev–Trinajstić information content (AvgIpc) is 3.45. The number of hydrogen-bond acceptors (Lipinski definition) is 4. The van der Waals surface area contributed by atoms with Crippen LogP contribution in [0.3, 0.4) is 0 Å². The van der Waals surface area contributed by atoms with E-state index in [-0.39, 0.29) is 0 Å². The number of rotatable bonds is 73. The lowest BCUT2D eigenvalue weighted by Crippen LogP contribution is -2.22. The van der Waals surface area contributed by atoms with E-state index in [2.05, 4.69) is 74.7 Å². The zero-order chi connectivity index (χ0) is 56.1. The Morgan fingerprint density at radius 2 is 0.282 bits per heavy atom. The van der Waals surface area contributed by atoms with Crippen LogP contribution in [0.15, 0.2) is 0 Å². The summed E-state index contributed by atoms with van der Waals surface area (Å²) in [5.41, 5.74) is 0. The van der Waals surface area contributed by atoms with Crippen LogP contribution in [-0.2, 0) is 0 Å². The molecule has 0 saturated heterocycles. The molecule has 470 valence electrons. The van der Waals surface area contributed by atoms with Crippen LogP contribution in [-0.4, -0.2) is 32.2 Å². The van der Waals surface area contributed by atoms with Gasteiger partial charge in [0.1, 0.15) is 3.41 Å². The highest BCUT2D eigenvalue weighted by atomic mass is 32.3. The molecule has 0 nitrogen and oxygen atoms in total. The first-order valence-corrected chi connectivity index (χ1v) is 41.3. The average molecular weight is 1170 g/mol. The van der Waals surface area contributed by atoms with E-state index in [9.17, 15) is 0 Å². The molecule has 0 saturated carbocycles. The van der Waals surface area contributed by atoms with E-state index in [4.69, 9.17) is 0 Å². The standard InChI is InChI=1S/C74H150S4/c1-5-9-13-17-21-25-29-33-37-41-45-49-53-57-61-65-69-75-73-74(76-70-66-62-58-54-50-46-42-38-34-30-26-22-18-14-10-6-2,77-71-67-63-59-55-51-47-43-39-35-31-27-23-19-15-11-7-3)78-72-68-64-60-56-52-48-44-40-36-32-28-24-20-16-12-8-4/h5-73H2,1-4H3. The minimum Gasteiger partial charge on any atom is -0.159 e. The first-order chi connectivity index (χ1) is 38.7. The lowest BCUT2D eigenvalue weighted by atomic mass is 10.0. The molecule has 0 aromatic rings. The minimum atomic E-state index is 0.361. The van der Waals surface area contributed by atoms with Crippen molar-refractivity contribution in [3.63, 3.8) is 0 Å². The Morgan fingerprint density at radius 1 is 0.154 bits per heavy atom. The molecular formula is C74H150S4. The van der Waals surface area contributed by atoms with Crippen LogP contribution in [0.2, 0.25) is 0 Å². The van der Waals surface area contributed by atoms with E-state index in [1.54, 1.807) is 0 Å². The van der Waals surface area contributed by atoms with Crippen molar-refractivity contribution in [2.24, 2.45) is 0 Å². The van der Waals surface area contributed by atoms with Crippen molar-refractivity contribution in [1.82, 2.24) is 0 Å². The summed E-state index contributed by atoms with van der Waals surface area (Å²) in [6, 6.07) is 0. The van der Waals surface area contributed by atoms with Gasteiger partial charge in [-0.15, -0.1) is 35.3 Å². The fourth-order valence-electron chi connectivity index (χ4n) is 11.8. The van der Waals surface area contributed by atoms with Crippen LogP contribution in [0.25, 0.3) is 0 Å². The molecule has 0 radical (unpaired) electrons. The van der Waals surface area contributed by atoms with Gasteiger partial charge in [-0.2, -0.15) is 11.8 Å². The molecule has 0 bridgehead atoms. The third-order valence-electron chi connectivity index (χ3n) is 17.4. The van der Waals surface area contributed by atoms with E-state index >= 15 is 0 Å². The van der Waals surface area contributed by atoms with Crippen LogP contribution in [0, 0.1) is 0 Å². The molecule has 0 N–H and O–H groups in total. The molecule has 0 aromatic heterocycles. The highest BCUT2D eigenvalue weighted by Gasteiger charge is 2.31. The summed E-state index contributed by atoms with van der Waals surface area (Å²) in [7, 11) is 0. The summed E-state index contributed by atoms with van der Waals surface area (Å²) >= 11 is 9.63. The second kappa shape index (κ2) is 72.7. The van der Waals surface area contributed by atoms with Crippen LogP contribution < -0.4 is 0 Å². The lowest BCUT2D eigenvalue weighted by molar-refractivity contribution is 0.531. The van der Waals surface area contributed by atoms with Crippen LogP contribution >= 0.6 is 47.0 Å². The van der Waals surface area contributed by atoms with Gasteiger partial charge < -0.3 is 0 Å². The maximum atomic E-state index is 2.43. The molecule has 0 aromatic carbocycles. The Morgan fingerprint density at radius 3 is 0.436 bits per heavy atom. The highest BCUT2D eigenvalue weighted by Crippen LogP contribution is 2.50. The molecule has 0 fully saturated rings. The quantitative estimate of drug-likeness (QED) is 0.0439. The summed E-state index contributed by atoms with van der Waals surface area (Å²) < 4.78 is 0.361. The van der Waals surface area contributed by atoms with Gasteiger partial charge >= 0.3 is 0 Å². The van der Waals surface area contributed by atoms with Gasteiger partial charge in [-0.25, -0.2) is 0 Å². The van der Waals surface area contributed by atoms with Gasteiger partial charge in [-0.3, -0.25) is 0 Å². The van der Waals surface area contributed by atoms with Gasteiger partial charge in [0.15, 0.2) is 0 Å². The molecule has 0 aliphatic heterocycles. The third-order valence-corrected chi connectivity index (χ3v) is 24.5. The molecule has 78 heavy (non-hydrogen) atoms. The molecule has 0 amide bonds. The molecule has 0 heterocycles. The minimum absolute atomic E-state index is 0.361. The van der Waals surface area contributed by atoms with Gasteiger partial charge in [0.2, 0.25) is 0 Å². The number of unbranched alkanes of at least 4 members (excludes halogenated alkanes) is 60. The largest absolute Gasteiger partial charge is 0.159 e. The van der Waals surface area contributed by atoms with Gasteiger partial charge in [-0.05, 0) is 48.7 Å². The van der Waals surface area contributed by atoms with E-state index < -0.39 is 0 Å². The summed E-state index contributed by atoms with van der Waals surface area (Å²) in [4.78, 5) is 0. The smallest absolute Gasteiger partial charge is 0.116 e. The van der Waals surface area contributed by atoms with Gasteiger partial charge in [0, 0.05) is 5.75 Å². The zero-order valence-corrected chi connectivity index (χ0v) is 58.2. The van der Waals surface area contributed by atoms with E-state index in [0.717, 1.165) is 0 Å². The molecule has 0 atom stereocenters. The highest BCUT2D eigenvalue weighted by molar-refractivity contribution is 8.34. The molecule has 0 aliphatic rings. The Hall–Kier alpha value is 1.40. The van der Waals surface area contributed by atoms with Crippen LogP contribution in [0.1, 0.15) is 439 Å². The van der Waals surface area contributed by atoms with Gasteiger partial charge in [0.05, 0.1) is 0 Å². The fraction of sp³-hybridized carbons (Fsp3) is 1.00. The summed E-state index contributed by atoms with van der Waals surface area (Å²) in [5, 5.41) is 0. The van der Waals surface area contributed by atoms with Crippen molar-refractivity contribution in [3.05, 3.63) is 0 Å². The van der Waals surface area contributed by atoms with Gasteiger partial charge in [0.25, 0.3) is 0 Å². The van der Waals surface area contributed by atoms with E-state index in [1.807, 2.05) is 0 Å². The third kappa shape index (κ3) is 66.5. The Kier molecular flexibility index (Phi) is 74.0. The first-order valence-electron chi connectivity index (χ1n) is 37.2. The van der Waals surface area contributed by atoms with Crippen molar-refractivity contribution in [2.45, 2.75) is 442 Å². The van der Waals surface area contributed by atoms with Crippen molar-refractivity contribution >= 4 is 47.0 Å². The molecule has 0 unspecified atom stereocenters. The summed E-state index contributed by atoms with van der Waals surface area (Å²) in [6.07, 6.45) is 93.9. The van der Waals surface area contributed by atoms with Crippen molar-refractivity contribution in [1.29, 1.82) is 0 Å². The van der Waals surface area contributed by atoms with Crippen LogP contribution in [0.5, 0.6) is 0 Å². The second-order valence-corrected chi connectivity index (χ2v) is 31.6. The monoisotopic (exact) mass is 1170 g/mol. The molecule has 0 rings (SSSR count). The first kappa shape index (κ1) is 79.4. The topological polar surface area (TPSA) is 0 Å². The predicted octanol–water partition coefficient (Wildman–Crippen LogP) is 29.6. The Balaban J connectivity index is 4.97. The molecule has 0 aliphatic carbocycles.